The number of imide groups is 1. The van der Waals surface area contributed by atoms with E-state index in [4.69, 9.17) is 0 Å². The summed E-state index contributed by atoms with van der Waals surface area (Å²) in [5.74, 6) is -0.142. The van der Waals surface area contributed by atoms with Gasteiger partial charge in [0.2, 0.25) is 11.8 Å². The Labute approximate surface area is 84.0 Å². The van der Waals surface area contributed by atoms with Gasteiger partial charge in [0.25, 0.3) is 0 Å². The summed E-state index contributed by atoms with van der Waals surface area (Å²) in [6, 6.07) is 0. The lowest BCUT2D eigenvalue weighted by Crippen LogP contribution is -2.41. The van der Waals surface area contributed by atoms with Crippen LogP contribution in [-0.2, 0) is 9.59 Å². The van der Waals surface area contributed by atoms with Crippen molar-refractivity contribution in [3.05, 3.63) is 12.2 Å². The molecule has 1 N–H and O–H groups in total. The first-order valence-electron chi connectivity index (χ1n) is 4.79. The molecule has 1 aliphatic rings. The van der Waals surface area contributed by atoms with Gasteiger partial charge in [-0.3, -0.25) is 14.5 Å². The lowest BCUT2D eigenvalue weighted by molar-refractivity contribution is -0.147. The van der Waals surface area contributed by atoms with Crippen LogP contribution in [0, 0.1) is 0 Å². The highest BCUT2D eigenvalue weighted by Gasteiger charge is 2.25. The maximum absolute atomic E-state index is 11.4. The van der Waals surface area contributed by atoms with E-state index in [9.17, 15) is 9.59 Å². The number of piperidine rings is 1. The molecule has 1 rings (SSSR count). The van der Waals surface area contributed by atoms with Crippen LogP contribution in [0.2, 0.25) is 0 Å². The van der Waals surface area contributed by atoms with E-state index < -0.39 is 0 Å². The Morgan fingerprint density at radius 3 is 2.50 bits per heavy atom. The van der Waals surface area contributed by atoms with E-state index in [2.05, 4.69) is 11.9 Å². The van der Waals surface area contributed by atoms with Crippen LogP contribution >= 0.6 is 0 Å². The first-order chi connectivity index (χ1) is 6.65. The Balaban J connectivity index is 2.52. The zero-order valence-electron chi connectivity index (χ0n) is 8.51. The van der Waals surface area contributed by atoms with E-state index in [1.807, 2.05) is 7.05 Å². The van der Waals surface area contributed by atoms with E-state index in [0.29, 0.717) is 32.4 Å². The molecule has 4 heteroatoms. The van der Waals surface area contributed by atoms with Gasteiger partial charge in [-0.15, -0.1) is 0 Å². The molecule has 0 aromatic heterocycles. The van der Waals surface area contributed by atoms with Gasteiger partial charge < -0.3 is 5.32 Å². The van der Waals surface area contributed by atoms with Crippen LogP contribution in [0.5, 0.6) is 0 Å². The fourth-order valence-electron chi connectivity index (χ4n) is 1.51. The van der Waals surface area contributed by atoms with Gasteiger partial charge in [-0.2, -0.15) is 0 Å². The minimum absolute atomic E-state index is 0.0708. The Morgan fingerprint density at radius 1 is 1.43 bits per heavy atom. The number of carbonyl (C=O) groups excluding carboxylic acids is 2. The molecule has 14 heavy (non-hydrogen) atoms. The van der Waals surface area contributed by atoms with Crippen LogP contribution in [0.4, 0.5) is 0 Å². The number of hydrogen-bond acceptors (Lipinski definition) is 3. The number of likely N-dealkylation sites (N-methyl/N-ethyl adjacent to an activating group) is 1. The SMILES string of the molecule is C=C(CNC)CN1C(=O)CCCC1=O. The van der Waals surface area contributed by atoms with Crippen molar-refractivity contribution in [1.82, 2.24) is 10.2 Å². The molecular weight excluding hydrogens is 180 g/mol. The highest BCUT2D eigenvalue weighted by atomic mass is 16.2. The van der Waals surface area contributed by atoms with Crippen molar-refractivity contribution in [2.45, 2.75) is 19.3 Å². The molecule has 0 spiro atoms. The van der Waals surface area contributed by atoms with Crippen LogP contribution in [0.1, 0.15) is 19.3 Å². The van der Waals surface area contributed by atoms with Crippen molar-refractivity contribution >= 4 is 11.8 Å². The molecule has 0 bridgehead atoms. The second-order valence-electron chi connectivity index (χ2n) is 3.51. The minimum atomic E-state index is -0.0708. The number of carbonyl (C=O) groups is 2. The molecule has 1 heterocycles. The van der Waals surface area contributed by atoms with Gasteiger partial charge in [0.05, 0.1) is 6.54 Å². The predicted octanol–water partition coefficient (Wildman–Crippen LogP) is 0.301. The number of hydrogen-bond donors (Lipinski definition) is 1. The average molecular weight is 196 g/mol. The molecular formula is C10H16N2O2. The molecule has 78 valence electrons. The Bertz CT molecular complexity index is 245. The van der Waals surface area contributed by atoms with Gasteiger partial charge in [0.15, 0.2) is 0 Å². The first-order valence-corrected chi connectivity index (χ1v) is 4.79. The second-order valence-corrected chi connectivity index (χ2v) is 3.51. The molecule has 0 aromatic carbocycles. The summed E-state index contributed by atoms with van der Waals surface area (Å²) in [5.41, 5.74) is 0.858. The van der Waals surface area contributed by atoms with Crippen LogP contribution in [-0.4, -0.2) is 36.9 Å². The quantitative estimate of drug-likeness (QED) is 0.519. The molecule has 0 saturated carbocycles. The van der Waals surface area contributed by atoms with Gasteiger partial charge in [0, 0.05) is 19.4 Å². The average Bonchev–Trinajstić information content (AvgIpc) is 2.12. The van der Waals surface area contributed by atoms with Crippen molar-refractivity contribution in [3.8, 4) is 0 Å². The zero-order chi connectivity index (χ0) is 10.6. The topological polar surface area (TPSA) is 49.4 Å². The predicted molar refractivity (Wildman–Crippen MR) is 53.6 cm³/mol. The standard InChI is InChI=1S/C10H16N2O2/c1-8(6-11-2)7-12-9(13)4-3-5-10(12)14/h11H,1,3-7H2,2H3. The van der Waals surface area contributed by atoms with Crippen LogP contribution in [0.15, 0.2) is 12.2 Å². The molecule has 0 unspecified atom stereocenters. The highest BCUT2D eigenvalue weighted by molar-refractivity contribution is 5.97. The van der Waals surface area contributed by atoms with E-state index in [0.717, 1.165) is 5.57 Å². The fourth-order valence-corrected chi connectivity index (χ4v) is 1.51. The smallest absolute Gasteiger partial charge is 0.229 e. The van der Waals surface area contributed by atoms with Crippen molar-refractivity contribution in [2.24, 2.45) is 0 Å². The number of likely N-dealkylation sites (tertiary alicyclic amines) is 1. The Kier molecular flexibility index (Phi) is 3.83. The highest BCUT2D eigenvalue weighted by Crippen LogP contribution is 2.13. The number of nitrogens with zero attached hydrogens (tertiary/aromatic N) is 1. The summed E-state index contributed by atoms with van der Waals surface area (Å²) < 4.78 is 0. The van der Waals surface area contributed by atoms with Gasteiger partial charge >= 0.3 is 0 Å². The van der Waals surface area contributed by atoms with E-state index >= 15 is 0 Å². The van der Waals surface area contributed by atoms with Crippen molar-refractivity contribution in [3.63, 3.8) is 0 Å². The molecule has 1 aliphatic heterocycles. The molecule has 1 fully saturated rings. The van der Waals surface area contributed by atoms with Crippen molar-refractivity contribution in [1.29, 1.82) is 0 Å². The van der Waals surface area contributed by atoms with Gasteiger partial charge in [-0.1, -0.05) is 6.58 Å². The summed E-state index contributed by atoms with van der Waals surface area (Å²) in [6.07, 6.45) is 1.66. The zero-order valence-corrected chi connectivity index (χ0v) is 8.51. The Morgan fingerprint density at radius 2 is 2.00 bits per heavy atom. The summed E-state index contributed by atoms with van der Waals surface area (Å²) in [4.78, 5) is 24.1. The summed E-state index contributed by atoms with van der Waals surface area (Å²) >= 11 is 0. The largest absolute Gasteiger partial charge is 0.316 e. The van der Waals surface area contributed by atoms with Crippen LogP contribution in [0.3, 0.4) is 0 Å². The van der Waals surface area contributed by atoms with Gasteiger partial charge in [-0.25, -0.2) is 0 Å². The molecule has 0 aliphatic carbocycles. The lowest BCUT2D eigenvalue weighted by atomic mass is 10.1. The number of rotatable bonds is 4. The van der Waals surface area contributed by atoms with Crippen LogP contribution < -0.4 is 5.32 Å². The number of nitrogens with one attached hydrogen (secondary N) is 1. The minimum Gasteiger partial charge on any atom is -0.316 e. The number of amides is 2. The molecule has 4 nitrogen and oxygen atoms in total. The van der Waals surface area contributed by atoms with Gasteiger partial charge in [-0.05, 0) is 19.0 Å². The molecule has 1 saturated heterocycles. The summed E-state index contributed by atoms with van der Waals surface area (Å²) in [7, 11) is 1.81. The second kappa shape index (κ2) is 4.91. The Hall–Kier alpha value is -1.16. The van der Waals surface area contributed by atoms with Gasteiger partial charge in [0.1, 0.15) is 0 Å². The van der Waals surface area contributed by atoms with Crippen molar-refractivity contribution < 1.29 is 9.59 Å². The third kappa shape index (κ3) is 2.67. The third-order valence-corrected chi connectivity index (χ3v) is 2.19. The molecule has 2 amide bonds. The van der Waals surface area contributed by atoms with Crippen molar-refractivity contribution in [2.75, 3.05) is 20.1 Å². The first kappa shape index (κ1) is 10.9. The normalized spacial score (nSPS) is 17.4. The van der Waals surface area contributed by atoms with Crippen LogP contribution in [0.25, 0.3) is 0 Å². The fraction of sp³-hybridized carbons (Fsp3) is 0.600. The van der Waals surface area contributed by atoms with E-state index in [1.165, 1.54) is 4.90 Å². The molecule has 0 aromatic rings. The summed E-state index contributed by atoms with van der Waals surface area (Å²) in [6.45, 7) is 4.79. The third-order valence-electron chi connectivity index (χ3n) is 2.19. The monoisotopic (exact) mass is 196 g/mol. The molecule has 0 radical (unpaired) electrons. The summed E-state index contributed by atoms with van der Waals surface area (Å²) in [5, 5.41) is 2.94. The van der Waals surface area contributed by atoms with E-state index in [1.54, 1.807) is 0 Å². The van der Waals surface area contributed by atoms with E-state index in [-0.39, 0.29) is 11.8 Å². The molecule has 0 atom stereocenters. The maximum atomic E-state index is 11.4. The maximum Gasteiger partial charge on any atom is 0.229 e. The lowest BCUT2D eigenvalue weighted by Gasteiger charge is -2.25.